The molecule has 2 aliphatic rings. The maximum Gasteiger partial charge on any atom is 0.342 e. The molecule has 0 fully saturated rings. The van der Waals surface area contributed by atoms with Crippen LogP contribution in [0.5, 0.6) is 23.0 Å². The highest BCUT2D eigenvalue weighted by Crippen LogP contribution is 2.47. The molecule has 0 saturated heterocycles. The van der Waals surface area contributed by atoms with E-state index >= 15 is 0 Å². The van der Waals surface area contributed by atoms with Crippen LogP contribution in [0.15, 0.2) is 72.3 Å². The third kappa shape index (κ3) is 3.56. The molecule has 0 aliphatic carbocycles. The Labute approximate surface area is 190 Å². The maximum absolute atomic E-state index is 13.2. The van der Waals surface area contributed by atoms with Gasteiger partial charge in [0.2, 0.25) is 6.79 Å². The maximum atomic E-state index is 13.2. The van der Waals surface area contributed by atoms with E-state index in [1.807, 2.05) is 24.3 Å². The van der Waals surface area contributed by atoms with E-state index in [0.29, 0.717) is 39.7 Å². The first-order valence-corrected chi connectivity index (χ1v) is 10.4. The Morgan fingerprint density at radius 3 is 2.45 bits per heavy atom. The van der Waals surface area contributed by atoms with Crippen molar-refractivity contribution in [3.63, 3.8) is 0 Å². The van der Waals surface area contributed by atoms with Gasteiger partial charge in [-0.3, -0.25) is 0 Å². The number of fused-ring (bicyclic) bond motifs is 1. The Bertz CT molecular complexity index is 1250. The fourth-order valence-electron chi connectivity index (χ4n) is 4.18. The number of para-hydroxylation sites is 1. The third-order valence-corrected chi connectivity index (χ3v) is 5.86. The van der Waals surface area contributed by atoms with E-state index in [9.17, 15) is 9.90 Å². The van der Waals surface area contributed by atoms with Crippen LogP contribution in [0.1, 0.15) is 16.7 Å². The first-order valence-electron chi connectivity index (χ1n) is 10.4. The van der Waals surface area contributed by atoms with Crippen molar-refractivity contribution in [2.24, 2.45) is 0 Å². The predicted molar refractivity (Wildman–Crippen MR) is 119 cm³/mol. The van der Waals surface area contributed by atoms with Crippen LogP contribution in [0.3, 0.4) is 0 Å². The normalized spacial score (nSPS) is 18.9. The van der Waals surface area contributed by atoms with E-state index in [0.717, 1.165) is 5.56 Å². The number of esters is 1. The van der Waals surface area contributed by atoms with Crippen molar-refractivity contribution in [2.75, 3.05) is 21.0 Å². The third-order valence-electron chi connectivity index (χ3n) is 5.86. The van der Waals surface area contributed by atoms with Gasteiger partial charge < -0.3 is 28.8 Å². The summed E-state index contributed by atoms with van der Waals surface area (Å²) < 4.78 is 27.3. The average molecular weight is 446 g/mol. The number of ether oxygens (including phenoxy) is 5. The number of rotatable bonds is 6. The molecule has 0 aromatic heterocycles. The van der Waals surface area contributed by atoms with Gasteiger partial charge in [-0.25, -0.2) is 4.79 Å². The Morgan fingerprint density at radius 2 is 1.70 bits per heavy atom. The van der Waals surface area contributed by atoms with Crippen LogP contribution in [0.2, 0.25) is 0 Å². The number of aliphatic hydroxyl groups is 1. The zero-order valence-corrected chi connectivity index (χ0v) is 18.2. The summed E-state index contributed by atoms with van der Waals surface area (Å²) in [5.74, 6) is -0.191. The summed E-state index contributed by atoms with van der Waals surface area (Å²) in [7, 11) is 3.14. The number of cyclic esters (lactones) is 1. The van der Waals surface area contributed by atoms with Gasteiger partial charge in [0.15, 0.2) is 11.5 Å². The van der Waals surface area contributed by atoms with Gasteiger partial charge in [-0.2, -0.15) is 0 Å². The van der Waals surface area contributed by atoms with Crippen LogP contribution in [-0.4, -0.2) is 32.1 Å². The lowest BCUT2D eigenvalue weighted by atomic mass is 9.87. The second-order valence-electron chi connectivity index (χ2n) is 7.67. The zero-order valence-electron chi connectivity index (χ0n) is 18.2. The van der Waals surface area contributed by atoms with Crippen molar-refractivity contribution < 1.29 is 33.6 Å². The molecule has 3 aromatic carbocycles. The van der Waals surface area contributed by atoms with Gasteiger partial charge in [-0.1, -0.05) is 24.3 Å². The summed E-state index contributed by atoms with van der Waals surface area (Å²) in [5, 5.41) is 11.8. The first kappa shape index (κ1) is 20.9. The molecule has 1 N–H and O–H groups in total. The monoisotopic (exact) mass is 446 g/mol. The SMILES string of the molecule is COc1ccc(C2(O)OC(=O)C(c3ccc4c(c3)OCO4)=C2Cc2ccccc2OC)cc1. The lowest BCUT2D eigenvalue weighted by Gasteiger charge is -2.26. The fraction of sp³-hybridized carbons (Fsp3) is 0.192. The van der Waals surface area contributed by atoms with Gasteiger partial charge in [0, 0.05) is 17.6 Å². The molecule has 0 bridgehead atoms. The van der Waals surface area contributed by atoms with E-state index in [-0.39, 0.29) is 18.8 Å². The van der Waals surface area contributed by atoms with Crippen molar-refractivity contribution in [1.29, 1.82) is 0 Å². The molecule has 0 radical (unpaired) electrons. The number of carbonyl (C=O) groups excluding carboxylic acids is 1. The first-order chi connectivity index (χ1) is 16.0. The summed E-state index contributed by atoms with van der Waals surface area (Å²) in [6, 6.07) is 19.5. The van der Waals surface area contributed by atoms with E-state index in [1.54, 1.807) is 56.7 Å². The van der Waals surface area contributed by atoms with Crippen molar-refractivity contribution in [3.8, 4) is 23.0 Å². The molecule has 2 aliphatic heterocycles. The quantitative estimate of drug-likeness (QED) is 0.576. The van der Waals surface area contributed by atoms with Gasteiger partial charge in [-0.15, -0.1) is 0 Å². The minimum Gasteiger partial charge on any atom is -0.497 e. The number of hydrogen-bond acceptors (Lipinski definition) is 7. The van der Waals surface area contributed by atoms with Crippen molar-refractivity contribution >= 4 is 11.5 Å². The van der Waals surface area contributed by atoms with E-state index in [2.05, 4.69) is 0 Å². The second kappa shape index (κ2) is 8.18. The molecule has 0 spiro atoms. The Hall–Kier alpha value is -3.97. The summed E-state index contributed by atoms with van der Waals surface area (Å²) in [6.07, 6.45) is 0.224. The van der Waals surface area contributed by atoms with E-state index in [1.165, 1.54) is 0 Å². The van der Waals surface area contributed by atoms with E-state index < -0.39 is 11.8 Å². The number of hydrogen-bond donors (Lipinski definition) is 1. The highest BCUT2D eigenvalue weighted by molar-refractivity contribution is 6.20. The van der Waals surface area contributed by atoms with Gasteiger partial charge in [0.25, 0.3) is 5.79 Å². The molecular weight excluding hydrogens is 424 g/mol. The van der Waals surface area contributed by atoms with Crippen LogP contribution in [0.4, 0.5) is 0 Å². The molecule has 0 amide bonds. The van der Waals surface area contributed by atoms with Crippen LogP contribution < -0.4 is 18.9 Å². The van der Waals surface area contributed by atoms with Crippen LogP contribution in [0, 0.1) is 0 Å². The Kier molecular flexibility index (Phi) is 5.18. The molecule has 3 aromatic rings. The summed E-state index contributed by atoms with van der Waals surface area (Å²) >= 11 is 0. The lowest BCUT2D eigenvalue weighted by Crippen LogP contribution is -2.29. The summed E-state index contributed by atoms with van der Waals surface area (Å²) in [4.78, 5) is 13.2. The minimum atomic E-state index is -1.96. The number of carbonyl (C=O) groups is 1. The molecule has 1 unspecified atom stereocenters. The lowest BCUT2D eigenvalue weighted by molar-refractivity contribution is -0.185. The molecule has 7 nitrogen and oxygen atoms in total. The zero-order chi connectivity index (χ0) is 23.0. The van der Waals surface area contributed by atoms with Crippen molar-refractivity contribution in [2.45, 2.75) is 12.2 Å². The summed E-state index contributed by atoms with van der Waals surface area (Å²) in [6.45, 7) is 0.117. The smallest absolute Gasteiger partial charge is 0.342 e. The van der Waals surface area contributed by atoms with Gasteiger partial charge in [0.05, 0.1) is 19.8 Å². The topological polar surface area (TPSA) is 83.5 Å². The molecule has 0 saturated carbocycles. The molecule has 1 atom stereocenters. The van der Waals surface area contributed by atoms with Gasteiger partial charge in [0.1, 0.15) is 11.5 Å². The van der Waals surface area contributed by atoms with Gasteiger partial charge >= 0.3 is 5.97 Å². The molecule has 7 heteroatoms. The molecular formula is C26H22O7. The Balaban J connectivity index is 1.68. The standard InChI is InChI=1S/C26H22O7/c1-29-19-10-8-18(9-11-19)26(28)20(13-16-5-3-4-6-21(16)30-2)24(25(27)33-26)17-7-12-22-23(14-17)32-15-31-22/h3-12,14,28H,13,15H2,1-2H3. The van der Waals surface area contributed by atoms with Crippen LogP contribution in [-0.2, 0) is 21.7 Å². The molecule has 33 heavy (non-hydrogen) atoms. The largest absolute Gasteiger partial charge is 0.497 e. The second-order valence-corrected chi connectivity index (χ2v) is 7.67. The van der Waals surface area contributed by atoms with Crippen LogP contribution in [0.25, 0.3) is 5.57 Å². The highest BCUT2D eigenvalue weighted by Gasteiger charge is 2.48. The molecule has 2 heterocycles. The van der Waals surface area contributed by atoms with E-state index in [4.69, 9.17) is 23.7 Å². The highest BCUT2D eigenvalue weighted by atomic mass is 16.7. The average Bonchev–Trinajstić information content (AvgIpc) is 3.41. The molecule has 5 rings (SSSR count). The fourth-order valence-corrected chi connectivity index (χ4v) is 4.18. The predicted octanol–water partition coefficient (Wildman–Crippen LogP) is 3.83. The number of methoxy groups -OCH3 is 2. The van der Waals surface area contributed by atoms with Crippen molar-refractivity contribution in [1.82, 2.24) is 0 Å². The van der Waals surface area contributed by atoms with Crippen LogP contribution >= 0.6 is 0 Å². The number of benzene rings is 3. The van der Waals surface area contributed by atoms with Crippen molar-refractivity contribution in [3.05, 3.63) is 89.0 Å². The van der Waals surface area contributed by atoms with Gasteiger partial charge in [-0.05, 0) is 53.6 Å². The Morgan fingerprint density at radius 1 is 0.939 bits per heavy atom. The molecule has 168 valence electrons. The summed E-state index contributed by atoms with van der Waals surface area (Å²) in [5.41, 5.74) is 2.47. The minimum absolute atomic E-state index is 0.117.